The summed E-state index contributed by atoms with van der Waals surface area (Å²) in [6.45, 7) is 1.72. The lowest BCUT2D eigenvalue weighted by Crippen LogP contribution is -2.25. The van der Waals surface area contributed by atoms with Crippen LogP contribution in [0.1, 0.15) is 16.1 Å². The Morgan fingerprint density at radius 2 is 1.85 bits per heavy atom. The lowest BCUT2D eigenvalue weighted by atomic mass is 10.2. The molecule has 0 radical (unpaired) electrons. The van der Waals surface area contributed by atoms with Crippen LogP contribution in [0.15, 0.2) is 83.8 Å². The van der Waals surface area contributed by atoms with E-state index in [1.54, 1.807) is 67.2 Å². The first-order valence-electron chi connectivity index (χ1n) is 12.1. The summed E-state index contributed by atoms with van der Waals surface area (Å²) in [6, 6.07) is 19.8. The van der Waals surface area contributed by atoms with Gasteiger partial charge in [-0.3, -0.25) is 19.3 Å². The summed E-state index contributed by atoms with van der Waals surface area (Å²) in [7, 11) is 1.69. The number of halogens is 1. The molecule has 10 heteroatoms. The van der Waals surface area contributed by atoms with Gasteiger partial charge in [0, 0.05) is 36.5 Å². The van der Waals surface area contributed by atoms with Crippen LogP contribution in [0.5, 0.6) is 17.2 Å². The number of amides is 1. The van der Waals surface area contributed by atoms with Gasteiger partial charge in [-0.2, -0.15) is 0 Å². The first-order valence-corrected chi connectivity index (χ1v) is 12.1. The molecule has 0 aliphatic heterocycles. The molecule has 0 atom stereocenters. The number of para-hydroxylation sites is 1. The topological polar surface area (TPSA) is 108 Å². The van der Waals surface area contributed by atoms with Gasteiger partial charge < -0.3 is 19.9 Å². The summed E-state index contributed by atoms with van der Waals surface area (Å²) < 4.78 is 29.3. The fourth-order valence-electron chi connectivity index (χ4n) is 4.25. The number of carbonyl (C=O) groups excluding carboxylic acids is 1. The highest BCUT2D eigenvalue weighted by Gasteiger charge is 2.22. The standard InChI is InChI=1S/C29H25FN4O5/c1-18-27(29(37)34(33(18)2)20-6-4-3-5-7-20)28(36)32-19-8-11-26(23(30)16-19)39-25-12-13-31-24-17-21(38-15-14-35)9-10-22(24)25/h3-13,16-17,35H,14-15H2,1-2H3,(H,32,36). The zero-order valence-electron chi connectivity index (χ0n) is 21.2. The molecule has 2 aromatic heterocycles. The summed E-state index contributed by atoms with van der Waals surface area (Å²) in [5.41, 5.74) is 1.32. The van der Waals surface area contributed by atoms with Gasteiger partial charge in [-0.1, -0.05) is 18.2 Å². The van der Waals surface area contributed by atoms with Gasteiger partial charge in [0.1, 0.15) is 23.7 Å². The van der Waals surface area contributed by atoms with E-state index in [1.165, 1.54) is 23.0 Å². The molecular weight excluding hydrogens is 503 g/mol. The molecule has 9 nitrogen and oxygen atoms in total. The fraction of sp³-hybridized carbons (Fsp3) is 0.138. The molecule has 0 spiro atoms. The van der Waals surface area contributed by atoms with Gasteiger partial charge in [0.25, 0.3) is 11.5 Å². The van der Waals surface area contributed by atoms with Crippen LogP contribution in [0.25, 0.3) is 16.6 Å². The Balaban J connectivity index is 1.37. The molecule has 2 N–H and O–H groups in total. The average molecular weight is 529 g/mol. The van der Waals surface area contributed by atoms with Crippen LogP contribution in [-0.4, -0.2) is 38.6 Å². The van der Waals surface area contributed by atoms with Crippen LogP contribution in [-0.2, 0) is 7.05 Å². The molecule has 1 amide bonds. The number of benzene rings is 3. The van der Waals surface area contributed by atoms with Crippen molar-refractivity contribution in [3.05, 3.63) is 106 Å². The van der Waals surface area contributed by atoms with Gasteiger partial charge in [-0.15, -0.1) is 0 Å². The first kappa shape index (κ1) is 25.7. The van der Waals surface area contributed by atoms with Crippen molar-refractivity contribution in [1.82, 2.24) is 14.3 Å². The molecule has 5 rings (SSSR count). The molecule has 2 heterocycles. The second kappa shape index (κ2) is 10.8. The first-order chi connectivity index (χ1) is 18.9. The Morgan fingerprint density at radius 1 is 1.05 bits per heavy atom. The smallest absolute Gasteiger partial charge is 0.284 e. The Labute approximate surface area is 222 Å². The average Bonchev–Trinajstić information content (AvgIpc) is 3.16. The maximum Gasteiger partial charge on any atom is 0.284 e. The van der Waals surface area contributed by atoms with E-state index in [1.807, 2.05) is 6.07 Å². The third kappa shape index (κ3) is 5.10. The van der Waals surface area contributed by atoms with Gasteiger partial charge in [-0.25, -0.2) is 9.07 Å². The lowest BCUT2D eigenvalue weighted by molar-refractivity contribution is 0.102. The van der Waals surface area contributed by atoms with Crippen molar-refractivity contribution in [3.8, 4) is 22.9 Å². The predicted octanol–water partition coefficient (Wildman–Crippen LogP) is 4.59. The monoisotopic (exact) mass is 528 g/mol. The predicted molar refractivity (Wildman–Crippen MR) is 144 cm³/mol. The number of carbonyl (C=O) groups is 1. The Kier molecular flexibility index (Phi) is 7.11. The minimum Gasteiger partial charge on any atom is -0.491 e. The molecule has 0 aliphatic carbocycles. The highest BCUT2D eigenvalue weighted by molar-refractivity contribution is 6.05. The zero-order valence-corrected chi connectivity index (χ0v) is 21.2. The molecule has 5 aromatic rings. The van der Waals surface area contributed by atoms with Crippen LogP contribution in [0.4, 0.5) is 10.1 Å². The number of hydrogen-bond acceptors (Lipinski definition) is 6. The molecule has 0 bridgehead atoms. The Bertz CT molecular complexity index is 1730. The Morgan fingerprint density at radius 3 is 2.59 bits per heavy atom. The van der Waals surface area contributed by atoms with Crippen molar-refractivity contribution >= 4 is 22.5 Å². The zero-order chi connectivity index (χ0) is 27.5. The van der Waals surface area contributed by atoms with Crippen LogP contribution in [0, 0.1) is 12.7 Å². The molecule has 0 aliphatic rings. The van der Waals surface area contributed by atoms with E-state index in [0.29, 0.717) is 33.8 Å². The molecule has 0 saturated carbocycles. The van der Waals surface area contributed by atoms with Crippen molar-refractivity contribution in [2.75, 3.05) is 18.5 Å². The van der Waals surface area contributed by atoms with Crippen molar-refractivity contribution < 1.29 is 23.8 Å². The van der Waals surface area contributed by atoms with E-state index in [2.05, 4.69) is 10.3 Å². The van der Waals surface area contributed by atoms with Gasteiger partial charge >= 0.3 is 0 Å². The summed E-state index contributed by atoms with van der Waals surface area (Å²) in [4.78, 5) is 30.5. The van der Waals surface area contributed by atoms with Crippen LogP contribution >= 0.6 is 0 Å². The lowest BCUT2D eigenvalue weighted by Gasteiger charge is -2.12. The van der Waals surface area contributed by atoms with Crippen molar-refractivity contribution in [2.45, 2.75) is 6.92 Å². The number of aromatic nitrogens is 3. The summed E-state index contributed by atoms with van der Waals surface area (Å²) >= 11 is 0. The SMILES string of the molecule is Cc1c(C(=O)Nc2ccc(Oc3ccnc4cc(OCCO)ccc34)c(F)c2)c(=O)n(-c2ccccc2)n1C. The van der Waals surface area contributed by atoms with E-state index in [0.717, 1.165) is 6.07 Å². The quantitative estimate of drug-likeness (QED) is 0.305. The van der Waals surface area contributed by atoms with Crippen LogP contribution in [0.2, 0.25) is 0 Å². The van der Waals surface area contributed by atoms with Crippen LogP contribution < -0.4 is 20.3 Å². The minimum atomic E-state index is -0.702. The van der Waals surface area contributed by atoms with E-state index < -0.39 is 17.3 Å². The number of pyridine rings is 1. The molecule has 39 heavy (non-hydrogen) atoms. The maximum absolute atomic E-state index is 15.0. The number of hydrogen-bond donors (Lipinski definition) is 2. The normalized spacial score (nSPS) is 11.0. The van der Waals surface area contributed by atoms with Crippen molar-refractivity contribution in [3.63, 3.8) is 0 Å². The molecule has 3 aromatic carbocycles. The second-order valence-corrected chi connectivity index (χ2v) is 8.70. The van der Waals surface area contributed by atoms with Gasteiger partial charge in [0.05, 0.1) is 23.5 Å². The van der Waals surface area contributed by atoms with Crippen LogP contribution in [0.3, 0.4) is 0 Å². The third-order valence-electron chi connectivity index (χ3n) is 6.23. The van der Waals surface area contributed by atoms with E-state index in [-0.39, 0.29) is 30.2 Å². The van der Waals surface area contributed by atoms with Gasteiger partial charge in [-0.05, 0) is 49.4 Å². The van der Waals surface area contributed by atoms with Crippen molar-refractivity contribution in [2.24, 2.45) is 7.05 Å². The molecule has 0 saturated heterocycles. The highest BCUT2D eigenvalue weighted by Crippen LogP contribution is 2.33. The number of ether oxygens (including phenoxy) is 2. The third-order valence-corrected chi connectivity index (χ3v) is 6.23. The number of aliphatic hydroxyl groups is 1. The molecule has 0 unspecified atom stereocenters. The number of aliphatic hydroxyl groups excluding tert-OH is 1. The van der Waals surface area contributed by atoms with E-state index >= 15 is 4.39 Å². The summed E-state index contributed by atoms with van der Waals surface area (Å²) in [5, 5.41) is 12.2. The maximum atomic E-state index is 15.0. The minimum absolute atomic E-state index is 0.0346. The van der Waals surface area contributed by atoms with E-state index in [4.69, 9.17) is 14.6 Å². The molecule has 0 fully saturated rings. The Hall–Kier alpha value is -4.96. The van der Waals surface area contributed by atoms with Crippen molar-refractivity contribution in [1.29, 1.82) is 0 Å². The molecule has 198 valence electrons. The summed E-state index contributed by atoms with van der Waals surface area (Å²) in [6.07, 6.45) is 1.53. The number of nitrogens with one attached hydrogen (secondary N) is 1. The number of nitrogens with zero attached hydrogens (tertiary/aromatic N) is 3. The van der Waals surface area contributed by atoms with Gasteiger partial charge in [0.15, 0.2) is 11.6 Å². The second-order valence-electron chi connectivity index (χ2n) is 8.70. The summed E-state index contributed by atoms with van der Waals surface area (Å²) in [5.74, 6) is -0.479. The number of anilines is 1. The highest BCUT2D eigenvalue weighted by atomic mass is 19.1. The van der Waals surface area contributed by atoms with Gasteiger partial charge in [0.2, 0.25) is 0 Å². The molecular formula is C29H25FN4O5. The van der Waals surface area contributed by atoms with E-state index in [9.17, 15) is 9.59 Å². The largest absolute Gasteiger partial charge is 0.491 e. The number of rotatable bonds is 8. The fourth-order valence-corrected chi connectivity index (χ4v) is 4.25. The number of fused-ring (bicyclic) bond motifs is 1.